The summed E-state index contributed by atoms with van der Waals surface area (Å²) in [5, 5.41) is 21.5. The van der Waals surface area contributed by atoms with E-state index in [-0.39, 0.29) is 0 Å². The summed E-state index contributed by atoms with van der Waals surface area (Å²) in [6, 6.07) is 31.3. The Hall–Kier alpha value is -5.38. The van der Waals surface area contributed by atoms with Gasteiger partial charge in [-0.05, 0) is 90.8 Å². The van der Waals surface area contributed by atoms with Crippen LogP contribution in [0.1, 0.15) is 48.1 Å². The lowest BCUT2D eigenvalue weighted by molar-refractivity contribution is 0.949. The molecule has 0 N–H and O–H groups in total. The predicted molar refractivity (Wildman–Crippen MR) is 171 cm³/mol. The Balaban J connectivity index is 1.47. The zero-order valence-corrected chi connectivity index (χ0v) is 23.4. The van der Waals surface area contributed by atoms with E-state index in [1.165, 1.54) is 11.1 Å². The fourth-order valence-electron chi connectivity index (χ4n) is 5.29. The molecule has 0 radical (unpaired) electrons. The van der Waals surface area contributed by atoms with E-state index in [0.29, 0.717) is 11.1 Å². The molecule has 3 nitrogen and oxygen atoms in total. The van der Waals surface area contributed by atoms with Gasteiger partial charge in [-0.3, -0.25) is 0 Å². The van der Waals surface area contributed by atoms with Crippen LogP contribution in [0, 0.1) is 22.7 Å². The van der Waals surface area contributed by atoms with Gasteiger partial charge in [0.1, 0.15) is 12.1 Å². The number of fused-ring (bicyclic) bond motifs is 3. The summed E-state index contributed by atoms with van der Waals surface area (Å²) in [6.45, 7) is 8.24. The summed E-state index contributed by atoms with van der Waals surface area (Å²) in [5.41, 5.74) is 9.66. The van der Waals surface area contributed by atoms with Crippen molar-refractivity contribution in [3.8, 4) is 12.1 Å². The predicted octanol–water partition coefficient (Wildman–Crippen LogP) is 9.80. The van der Waals surface area contributed by atoms with E-state index in [4.69, 9.17) is 0 Å². The number of nitrogens with zero attached hydrogens (tertiary/aromatic N) is 3. The second kappa shape index (κ2) is 12.2. The van der Waals surface area contributed by atoms with Crippen molar-refractivity contribution in [1.82, 2.24) is 0 Å². The van der Waals surface area contributed by atoms with Gasteiger partial charge in [0.15, 0.2) is 0 Å². The van der Waals surface area contributed by atoms with Crippen molar-refractivity contribution in [1.29, 1.82) is 10.5 Å². The fourth-order valence-corrected chi connectivity index (χ4v) is 5.29. The van der Waals surface area contributed by atoms with Gasteiger partial charge in [0.2, 0.25) is 0 Å². The lowest BCUT2D eigenvalue weighted by atomic mass is 9.83. The van der Waals surface area contributed by atoms with Crippen molar-refractivity contribution in [3.05, 3.63) is 154 Å². The largest absolute Gasteiger partial charge is 0.311 e. The zero-order chi connectivity index (χ0) is 28.8. The zero-order valence-electron chi connectivity index (χ0n) is 23.4. The highest BCUT2D eigenvalue weighted by Gasteiger charge is 2.21. The molecule has 0 unspecified atom stereocenters. The molecular weight excluding hydrogens is 498 g/mol. The molecule has 0 aromatic heterocycles. The smallest absolute Gasteiger partial charge is 0.101 e. The molecule has 0 aliphatic heterocycles. The van der Waals surface area contributed by atoms with Crippen molar-refractivity contribution in [2.24, 2.45) is 0 Å². The second-order valence-corrected chi connectivity index (χ2v) is 10.3. The molecule has 4 aromatic rings. The van der Waals surface area contributed by atoms with Crippen LogP contribution >= 0.6 is 0 Å². The first kappa shape index (κ1) is 27.2. The van der Waals surface area contributed by atoms with E-state index in [9.17, 15) is 10.5 Å². The third-order valence-corrected chi connectivity index (χ3v) is 7.29. The first-order valence-corrected chi connectivity index (χ1v) is 13.7. The fraction of sp³-hybridized carbons (Fsp3) is 0.105. The summed E-state index contributed by atoms with van der Waals surface area (Å²) in [5.74, 6) is 0. The van der Waals surface area contributed by atoms with Gasteiger partial charge in [-0.15, -0.1) is 0 Å². The van der Waals surface area contributed by atoms with Gasteiger partial charge >= 0.3 is 0 Å². The SMILES string of the molecule is C=C/C(=C\C=C(C)C)N(c1ccccc1)c1ccc(/C=C/C2=Cc3c(c(C#N)c(C#N)c4ccccc34)CC2)cc1. The van der Waals surface area contributed by atoms with Gasteiger partial charge in [-0.25, -0.2) is 0 Å². The van der Waals surface area contributed by atoms with Crippen LogP contribution in [0.15, 0.2) is 127 Å². The van der Waals surface area contributed by atoms with Crippen LogP contribution in [0.4, 0.5) is 11.4 Å². The Morgan fingerprint density at radius 3 is 2.07 bits per heavy atom. The minimum absolute atomic E-state index is 0.481. The Morgan fingerprint density at radius 1 is 0.756 bits per heavy atom. The quantitative estimate of drug-likeness (QED) is 0.224. The van der Waals surface area contributed by atoms with E-state index in [0.717, 1.165) is 57.4 Å². The number of rotatable bonds is 7. The highest BCUT2D eigenvalue weighted by Crippen LogP contribution is 2.36. The highest BCUT2D eigenvalue weighted by atomic mass is 15.1. The van der Waals surface area contributed by atoms with Crippen LogP contribution in [0.25, 0.3) is 22.9 Å². The average Bonchev–Trinajstić information content (AvgIpc) is 3.02. The molecule has 198 valence electrons. The van der Waals surface area contributed by atoms with Crippen LogP contribution in [0.5, 0.6) is 0 Å². The monoisotopic (exact) mass is 529 g/mol. The van der Waals surface area contributed by atoms with Crippen molar-refractivity contribution in [2.75, 3.05) is 4.90 Å². The lowest BCUT2D eigenvalue weighted by Gasteiger charge is -2.26. The topological polar surface area (TPSA) is 50.8 Å². The van der Waals surface area contributed by atoms with Gasteiger partial charge in [0.05, 0.1) is 11.1 Å². The normalized spacial score (nSPS) is 12.7. The summed E-state index contributed by atoms with van der Waals surface area (Å²) in [7, 11) is 0. The second-order valence-electron chi connectivity index (χ2n) is 10.3. The number of para-hydroxylation sites is 1. The van der Waals surface area contributed by atoms with Gasteiger partial charge in [0.25, 0.3) is 0 Å². The van der Waals surface area contributed by atoms with Crippen molar-refractivity contribution >= 4 is 34.3 Å². The minimum atomic E-state index is 0.481. The third-order valence-electron chi connectivity index (χ3n) is 7.29. The summed E-state index contributed by atoms with van der Waals surface area (Å²) >= 11 is 0. The molecule has 1 aliphatic rings. The Morgan fingerprint density at radius 2 is 1.41 bits per heavy atom. The number of hydrogen-bond acceptors (Lipinski definition) is 3. The average molecular weight is 530 g/mol. The molecule has 5 rings (SSSR count). The third kappa shape index (κ3) is 5.67. The van der Waals surface area contributed by atoms with Gasteiger partial charge in [-0.1, -0.05) is 91.1 Å². The first-order valence-electron chi connectivity index (χ1n) is 13.7. The number of allylic oxidation sites excluding steroid dienone is 6. The molecule has 0 heterocycles. The van der Waals surface area contributed by atoms with E-state index in [1.54, 1.807) is 0 Å². The maximum Gasteiger partial charge on any atom is 0.101 e. The number of hydrogen-bond donors (Lipinski definition) is 0. The minimum Gasteiger partial charge on any atom is -0.311 e. The number of benzene rings is 4. The summed E-state index contributed by atoms with van der Waals surface area (Å²) in [6.07, 6.45) is 14.1. The molecule has 1 aliphatic carbocycles. The molecular formula is C38H31N3. The molecule has 0 bridgehead atoms. The van der Waals surface area contributed by atoms with Crippen molar-refractivity contribution < 1.29 is 0 Å². The summed E-state index contributed by atoms with van der Waals surface area (Å²) < 4.78 is 0. The van der Waals surface area contributed by atoms with E-state index in [2.05, 4.69) is 104 Å². The Kier molecular flexibility index (Phi) is 8.10. The molecule has 3 heteroatoms. The van der Waals surface area contributed by atoms with Crippen LogP contribution < -0.4 is 4.90 Å². The van der Waals surface area contributed by atoms with E-state index in [1.807, 2.05) is 48.5 Å². The molecule has 0 amide bonds. The Labute approximate surface area is 242 Å². The van der Waals surface area contributed by atoms with E-state index >= 15 is 0 Å². The summed E-state index contributed by atoms with van der Waals surface area (Å²) in [4.78, 5) is 2.20. The molecule has 0 fully saturated rings. The first-order chi connectivity index (χ1) is 20.0. The van der Waals surface area contributed by atoms with Gasteiger partial charge < -0.3 is 4.90 Å². The van der Waals surface area contributed by atoms with Gasteiger partial charge in [0, 0.05) is 22.5 Å². The standard InChI is InChI=1S/C38H31N3/c1-4-30(20-14-27(2)3)41(31-10-6-5-7-11-31)32-21-17-28(18-22-32)15-16-29-19-23-35-36(24-29)33-12-8-9-13-34(33)37(25-39)38(35)26-40/h4-18,20-22,24H,1,19,23H2,2-3H3/b16-15+,30-20+. The van der Waals surface area contributed by atoms with Crippen LogP contribution in [-0.4, -0.2) is 0 Å². The number of nitriles is 2. The molecule has 0 atom stereocenters. The maximum atomic E-state index is 9.87. The van der Waals surface area contributed by atoms with E-state index < -0.39 is 0 Å². The van der Waals surface area contributed by atoms with Crippen molar-refractivity contribution in [3.63, 3.8) is 0 Å². The van der Waals surface area contributed by atoms with Crippen LogP contribution in [0.2, 0.25) is 0 Å². The molecule has 41 heavy (non-hydrogen) atoms. The maximum absolute atomic E-state index is 9.87. The van der Waals surface area contributed by atoms with Crippen molar-refractivity contribution in [2.45, 2.75) is 26.7 Å². The molecule has 0 saturated heterocycles. The van der Waals surface area contributed by atoms with Crippen LogP contribution in [0.3, 0.4) is 0 Å². The van der Waals surface area contributed by atoms with Crippen LogP contribution in [-0.2, 0) is 6.42 Å². The molecule has 4 aromatic carbocycles. The molecule has 0 spiro atoms. The molecule has 0 saturated carbocycles. The number of anilines is 2. The van der Waals surface area contributed by atoms with Gasteiger partial charge in [-0.2, -0.15) is 10.5 Å². The Bertz CT molecular complexity index is 1820. The highest BCUT2D eigenvalue weighted by molar-refractivity contribution is 5.99. The lowest BCUT2D eigenvalue weighted by Crippen LogP contribution is -2.14.